The quantitative estimate of drug-likeness (QED) is 0.161. The Balaban J connectivity index is 1.00. The maximum Gasteiger partial charge on any atom is 0.143 e. The molecule has 9 aromatic carbocycles. The summed E-state index contributed by atoms with van der Waals surface area (Å²) in [5.41, 5.74) is 17.2. The molecule has 0 fully saturated rings. The van der Waals surface area contributed by atoms with E-state index in [1.807, 2.05) is 0 Å². The predicted octanol–water partition coefficient (Wildman–Crippen LogP) is 15.5. The molecule has 1 unspecified atom stereocenters. The molecule has 0 radical (unpaired) electrons. The maximum atomic E-state index is 6.74. The second-order valence-corrected chi connectivity index (χ2v) is 16.1. The number of rotatable bonds is 7. The van der Waals surface area contributed by atoms with Gasteiger partial charge in [-0.2, -0.15) is 0 Å². The minimum absolute atomic E-state index is 0.145. The summed E-state index contributed by atoms with van der Waals surface area (Å²) >= 11 is 0. The SMILES string of the molecule is C1=CC(N(c2ccc(-c3ccccc3)cc2)c2ccc(-c3cc(-n4c5ccccc5c5cc(-c6ccccc6)ccc54)cc4c3oc3ccccc34)cc2)Cc2ccccc21. The molecule has 61 heavy (non-hydrogen) atoms. The van der Waals surface area contributed by atoms with Gasteiger partial charge in [-0.05, 0) is 106 Å². The van der Waals surface area contributed by atoms with E-state index < -0.39 is 0 Å². The summed E-state index contributed by atoms with van der Waals surface area (Å²) in [6, 6.07) is 76.9. The van der Waals surface area contributed by atoms with Crippen molar-refractivity contribution in [3.63, 3.8) is 0 Å². The predicted molar refractivity (Wildman–Crippen MR) is 256 cm³/mol. The molecule has 2 heterocycles. The van der Waals surface area contributed by atoms with Crippen molar-refractivity contribution in [2.75, 3.05) is 4.90 Å². The van der Waals surface area contributed by atoms with Gasteiger partial charge in [0, 0.05) is 44.2 Å². The molecular formula is C58H40N2O. The Kier molecular flexibility index (Phi) is 8.31. The minimum atomic E-state index is 0.145. The van der Waals surface area contributed by atoms with Crippen LogP contribution >= 0.6 is 0 Å². The highest BCUT2D eigenvalue weighted by Gasteiger charge is 2.24. The fourth-order valence-electron chi connectivity index (χ4n) is 9.56. The lowest BCUT2D eigenvalue weighted by Gasteiger charge is -2.34. The lowest BCUT2D eigenvalue weighted by Crippen LogP contribution is -2.32. The first-order valence-electron chi connectivity index (χ1n) is 21.1. The summed E-state index contributed by atoms with van der Waals surface area (Å²) in [4.78, 5) is 2.49. The lowest BCUT2D eigenvalue weighted by molar-refractivity contribution is 0.670. The zero-order valence-corrected chi connectivity index (χ0v) is 33.4. The molecule has 1 aliphatic rings. The molecule has 2 aromatic heterocycles. The summed E-state index contributed by atoms with van der Waals surface area (Å²) in [6.45, 7) is 0. The standard InChI is InChI=1S/C58H40N2O/c1-3-13-39(14-4-1)42-23-29-46(30-24-42)59(48-33-25-41-17-7-8-18-44(41)35-48)47-31-26-43(27-32-47)52-37-49(38-54-51-20-10-12-22-57(51)61-58(52)54)60-55-21-11-9-19-50(55)53-36-45(28-34-56(53)60)40-15-5-2-6-16-40/h1-34,36-38,48H,35H2. The van der Waals surface area contributed by atoms with Crippen LogP contribution in [0.2, 0.25) is 0 Å². The Labute approximate surface area is 354 Å². The molecule has 0 saturated carbocycles. The highest BCUT2D eigenvalue weighted by molar-refractivity contribution is 6.13. The Morgan fingerprint density at radius 3 is 1.80 bits per heavy atom. The molecule has 0 N–H and O–H groups in total. The van der Waals surface area contributed by atoms with Crippen LogP contribution in [-0.4, -0.2) is 10.6 Å². The van der Waals surface area contributed by atoms with Crippen molar-refractivity contribution in [2.24, 2.45) is 0 Å². The van der Waals surface area contributed by atoms with E-state index in [9.17, 15) is 0 Å². The first-order valence-corrected chi connectivity index (χ1v) is 21.1. The van der Waals surface area contributed by atoms with E-state index in [0.29, 0.717) is 0 Å². The molecule has 0 spiro atoms. The monoisotopic (exact) mass is 780 g/mol. The van der Waals surface area contributed by atoms with E-state index in [2.05, 4.69) is 234 Å². The number of fused-ring (bicyclic) bond motifs is 7. The summed E-state index contributed by atoms with van der Waals surface area (Å²) in [5.74, 6) is 0. The summed E-state index contributed by atoms with van der Waals surface area (Å²) < 4.78 is 9.17. The van der Waals surface area contributed by atoms with Crippen molar-refractivity contribution in [3.05, 3.63) is 230 Å². The van der Waals surface area contributed by atoms with Crippen LogP contribution in [0.25, 0.3) is 88.9 Å². The van der Waals surface area contributed by atoms with Crippen LogP contribution in [0.15, 0.2) is 223 Å². The number of anilines is 2. The Bertz CT molecular complexity index is 3430. The Morgan fingerprint density at radius 1 is 0.443 bits per heavy atom. The van der Waals surface area contributed by atoms with Crippen LogP contribution in [0.4, 0.5) is 11.4 Å². The third kappa shape index (κ3) is 6.05. The van der Waals surface area contributed by atoms with Gasteiger partial charge in [0.15, 0.2) is 0 Å². The van der Waals surface area contributed by atoms with Crippen LogP contribution < -0.4 is 4.90 Å². The number of para-hydroxylation sites is 2. The van der Waals surface area contributed by atoms with Crippen LogP contribution in [0, 0.1) is 0 Å². The molecule has 1 atom stereocenters. The van der Waals surface area contributed by atoms with E-state index in [0.717, 1.165) is 56.5 Å². The smallest absolute Gasteiger partial charge is 0.143 e. The zero-order chi connectivity index (χ0) is 40.3. The van der Waals surface area contributed by atoms with Gasteiger partial charge in [0.25, 0.3) is 0 Å². The third-order valence-electron chi connectivity index (χ3n) is 12.5. The molecule has 0 aliphatic heterocycles. The molecule has 12 rings (SSSR count). The molecular weight excluding hydrogens is 741 g/mol. The number of nitrogens with zero attached hydrogens (tertiary/aromatic N) is 2. The van der Waals surface area contributed by atoms with E-state index in [1.54, 1.807) is 0 Å². The van der Waals surface area contributed by atoms with Crippen molar-refractivity contribution in [1.82, 2.24) is 4.57 Å². The minimum Gasteiger partial charge on any atom is -0.455 e. The average Bonchev–Trinajstić information content (AvgIpc) is 3.88. The fraction of sp³-hybridized carbons (Fsp3) is 0.0345. The first-order chi connectivity index (χ1) is 30.2. The van der Waals surface area contributed by atoms with Crippen molar-refractivity contribution in [3.8, 4) is 39.1 Å². The third-order valence-corrected chi connectivity index (χ3v) is 12.5. The highest BCUT2D eigenvalue weighted by Crippen LogP contribution is 2.42. The molecule has 1 aliphatic carbocycles. The van der Waals surface area contributed by atoms with E-state index in [4.69, 9.17) is 4.42 Å². The van der Waals surface area contributed by atoms with Crippen LogP contribution in [0.1, 0.15) is 11.1 Å². The van der Waals surface area contributed by atoms with Crippen LogP contribution in [0.3, 0.4) is 0 Å². The number of hydrogen-bond acceptors (Lipinski definition) is 2. The maximum absolute atomic E-state index is 6.74. The lowest BCUT2D eigenvalue weighted by atomic mass is 9.92. The second kappa shape index (κ2) is 14.4. The zero-order valence-electron chi connectivity index (χ0n) is 33.4. The number of furan rings is 1. The van der Waals surface area contributed by atoms with Gasteiger partial charge >= 0.3 is 0 Å². The Morgan fingerprint density at radius 2 is 1.03 bits per heavy atom. The summed E-state index contributed by atoms with van der Waals surface area (Å²) in [6.07, 6.45) is 5.56. The van der Waals surface area contributed by atoms with Crippen molar-refractivity contribution in [2.45, 2.75) is 12.5 Å². The van der Waals surface area contributed by atoms with Crippen molar-refractivity contribution < 1.29 is 4.42 Å². The molecule has 0 bridgehead atoms. The molecule has 0 amide bonds. The van der Waals surface area contributed by atoms with Gasteiger partial charge in [0.2, 0.25) is 0 Å². The van der Waals surface area contributed by atoms with Gasteiger partial charge in [-0.25, -0.2) is 0 Å². The number of aromatic nitrogens is 1. The van der Waals surface area contributed by atoms with Gasteiger partial charge in [0.1, 0.15) is 11.2 Å². The van der Waals surface area contributed by atoms with Gasteiger partial charge in [-0.3, -0.25) is 0 Å². The Hall–Kier alpha value is -7.88. The summed E-state index contributed by atoms with van der Waals surface area (Å²) in [5, 5.41) is 4.68. The van der Waals surface area contributed by atoms with Gasteiger partial charge in [-0.15, -0.1) is 0 Å². The van der Waals surface area contributed by atoms with Crippen LogP contribution in [-0.2, 0) is 6.42 Å². The molecule has 288 valence electrons. The van der Waals surface area contributed by atoms with Gasteiger partial charge in [0.05, 0.1) is 17.1 Å². The van der Waals surface area contributed by atoms with Crippen LogP contribution in [0.5, 0.6) is 0 Å². The normalized spacial score (nSPS) is 13.6. The fourth-order valence-corrected chi connectivity index (χ4v) is 9.56. The first kappa shape index (κ1) is 35.1. The molecule has 3 nitrogen and oxygen atoms in total. The average molecular weight is 781 g/mol. The summed E-state index contributed by atoms with van der Waals surface area (Å²) in [7, 11) is 0. The number of hydrogen-bond donors (Lipinski definition) is 0. The highest BCUT2D eigenvalue weighted by atomic mass is 16.3. The second-order valence-electron chi connectivity index (χ2n) is 16.1. The number of benzene rings is 9. The van der Waals surface area contributed by atoms with Crippen molar-refractivity contribution >= 4 is 61.2 Å². The molecule has 0 saturated heterocycles. The van der Waals surface area contributed by atoms with Crippen molar-refractivity contribution in [1.29, 1.82) is 0 Å². The van der Waals surface area contributed by atoms with E-state index >= 15 is 0 Å². The van der Waals surface area contributed by atoms with E-state index in [1.165, 1.54) is 55.2 Å². The molecule has 11 aromatic rings. The van der Waals surface area contributed by atoms with Gasteiger partial charge < -0.3 is 13.9 Å². The van der Waals surface area contributed by atoms with E-state index in [-0.39, 0.29) is 6.04 Å². The largest absolute Gasteiger partial charge is 0.455 e. The van der Waals surface area contributed by atoms with Gasteiger partial charge in [-0.1, -0.05) is 164 Å². The molecule has 3 heteroatoms. The topological polar surface area (TPSA) is 21.3 Å².